The maximum atomic E-state index is 6.24. The summed E-state index contributed by atoms with van der Waals surface area (Å²) in [6.45, 7) is 1.67. The second-order valence-electron chi connectivity index (χ2n) is 4.58. The van der Waals surface area contributed by atoms with Gasteiger partial charge in [0, 0.05) is 18.8 Å². The fourth-order valence-electron chi connectivity index (χ4n) is 2.53. The Bertz CT molecular complexity index is 350. The molecule has 1 aliphatic carbocycles. The third-order valence-electron chi connectivity index (χ3n) is 3.38. The van der Waals surface area contributed by atoms with Crippen molar-refractivity contribution in [3.8, 4) is 0 Å². The molecule has 0 bridgehead atoms. The molecule has 1 fully saturated rings. The summed E-state index contributed by atoms with van der Waals surface area (Å²) in [5.74, 6) is 0.925. The molecule has 3 nitrogen and oxygen atoms in total. The molecule has 0 aromatic carbocycles. The number of halogens is 1. The molecule has 0 radical (unpaired) electrons. The van der Waals surface area contributed by atoms with Crippen LogP contribution in [0.25, 0.3) is 0 Å². The Balaban J connectivity index is 2.16. The molecule has 17 heavy (non-hydrogen) atoms. The van der Waals surface area contributed by atoms with Gasteiger partial charge in [0.25, 0.3) is 0 Å². The monoisotopic (exact) mass is 253 g/mol. The molecule has 1 saturated carbocycles. The molecule has 2 rings (SSSR count). The van der Waals surface area contributed by atoms with E-state index in [-0.39, 0.29) is 0 Å². The van der Waals surface area contributed by atoms with Crippen LogP contribution in [-0.2, 0) is 0 Å². The van der Waals surface area contributed by atoms with Crippen LogP contribution in [0, 0.1) is 0 Å². The largest absolute Gasteiger partial charge is 0.352 e. The first-order valence-corrected chi connectivity index (χ1v) is 6.78. The summed E-state index contributed by atoms with van der Waals surface area (Å²) in [7, 11) is 0. The Morgan fingerprint density at radius 3 is 2.82 bits per heavy atom. The van der Waals surface area contributed by atoms with Gasteiger partial charge >= 0.3 is 0 Å². The highest BCUT2D eigenvalue weighted by Crippen LogP contribution is 2.31. The number of aromatic nitrogens is 1. The first kappa shape index (κ1) is 12.7. The number of anilines is 1. The van der Waals surface area contributed by atoms with Gasteiger partial charge in [0.1, 0.15) is 5.82 Å². The van der Waals surface area contributed by atoms with Crippen molar-refractivity contribution in [2.24, 2.45) is 5.73 Å². The van der Waals surface area contributed by atoms with Gasteiger partial charge < -0.3 is 10.6 Å². The van der Waals surface area contributed by atoms with E-state index in [0.29, 0.717) is 12.6 Å². The van der Waals surface area contributed by atoms with Crippen molar-refractivity contribution in [1.29, 1.82) is 0 Å². The molecule has 0 unspecified atom stereocenters. The molecule has 0 atom stereocenters. The van der Waals surface area contributed by atoms with Crippen LogP contribution < -0.4 is 10.6 Å². The van der Waals surface area contributed by atoms with Gasteiger partial charge in [-0.25, -0.2) is 4.98 Å². The molecule has 0 amide bonds. The topological polar surface area (TPSA) is 42.1 Å². The van der Waals surface area contributed by atoms with Crippen molar-refractivity contribution < 1.29 is 0 Å². The zero-order valence-electron chi connectivity index (χ0n) is 10.1. The third kappa shape index (κ3) is 3.11. The Kier molecular flexibility index (Phi) is 4.63. The lowest BCUT2D eigenvalue weighted by molar-refractivity contribution is 0.587. The van der Waals surface area contributed by atoms with Gasteiger partial charge in [0.2, 0.25) is 0 Å². The first-order valence-electron chi connectivity index (χ1n) is 6.40. The molecular weight excluding hydrogens is 234 g/mol. The highest BCUT2D eigenvalue weighted by Gasteiger charge is 2.24. The van der Waals surface area contributed by atoms with Gasteiger partial charge in [0.05, 0.1) is 5.02 Å². The van der Waals surface area contributed by atoms with Crippen molar-refractivity contribution in [3.63, 3.8) is 0 Å². The zero-order valence-corrected chi connectivity index (χ0v) is 10.9. The summed E-state index contributed by atoms with van der Waals surface area (Å²) in [5, 5.41) is 0.747. The average molecular weight is 254 g/mol. The molecule has 1 aromatic heterocycles. The number of nitrogens with two attached hydrogens (primary N) is 1. The van der Waals surface area contributed by atoms with Crippen molar-refractivity contribution >= 4 is 17.4 Å². The van der Waals surface area contributed by atoms with E-state index < -0.39 is 0 Å². The van der Waals surface area contributed by atoms with Crippen LogP contribution in [0.1, 0.15) is 32.1 Å². The maximum absolute atomic E-state index is 6.24. The lowest BCUT2D eigenvalue weighted by atomic mass is 10.2. The Morgan fingerprint density at radius 1 is 1.41 bits per heavy atom. The van der Waals surface area contributed by atoms with Gasteiger partial charge in [0.15, 0.2) is 0 Å². The van der Waals surface area contributed by atoms with Gasteiger partial charge in [-0.3, -0.25) is 0 Å². The normalized spacial score (nSPS) is 16.4. The second-order valence-corrected chi connectivity index (χ2v) is 4.99. The molecule has 0 spiro atoms. The van der Waals surface area contributed by atoms with E-state index in [2.05, 4.69) is 9.88 Å². The number of hydrogen-bond donors (Lipinski definition) is 1. The predicted octanol–water partition coefficient (Wildman–Crippen LogP) is 2.83. The molecule has 0 saturated heterocycles. The number of nitrogens with zero attached hydrogens (tertiary/aromatic N) is 2. The smallest absolute Gasteiger partial charge is 0.147 e. The fourth-order valence-corrected chi connectivity index (χ4v) is 2.76. The molecule has 94 valence electrons. The first-order chi connectivity index (χ1) is 8.33. The van der Waals surface area contributed by atoms with Gasteiger partial charge in [-0.15, -0.1) is 0 Å². The lowest BCUT2D eigenvalue weighted by Gasteiger charge is -2.30. The Morgan fingerprint density at radius 2 is 2.18 bits per heavy atom. The second kappa shape index (κ2) is 6.22. The van der Waals surface area contributed by atoms with Crippen LogP contribution in [0.3, 0.4) is 0 Å². The molecule has 1 aromatic rings. The summed E-state index contributed by atoms with van der Waals surface area (Å²) in [6.07, 6.45) is 7.92. The van der Waals surface area contributed by atoms with Gasteiger partial charge in [-0.05, 0) is 37.9 Å². The SMILES string of the molecule is NCCCN(c1ncccc1Cl)C1CCCC1. The van der Waals surface area contributed by atoms with E-state index in [0.717, 1.165) is 23.8 Å². The van der Waals surface area contributed by atoms with E-state index in [4.69, 9.17) is 17.3 Å². The summed E-state index contributed by atoms with van der Waals surface area (Å²) in [5.41, 5.74) is 5.61. The van der Waals surface area contributed by atoms with Crippen molar-refractivity contribution in [2.45, 2.75) is 38.1 Å². The van der Waals surface area contributed by atoms with E-state index >= 15 is 0 Å². The molecule has 1 aliphatic rings. The van der Waals surface area contributed by atoms with Crippen molar-refractivity contribution in [3.05, 3.63) is 23.4 Å². The number of rotatable bonds is 5. The number of hydrogen-bond acceptors (Lipinski definition) is 3. The van der Waals surface area contributed by atoms with Crippen LogP contribution in [0.4, 0.5) is 5.82 Å². The minimum atomic E-state index is 0.592. The zero-order chi connectivity index (χ0) is 12.1. The summed E-state index contributed by atoms with van der Waals surface area (Å²) in [6, 6.07) is 4.38. The summed E-state index contributed by atoms with van der Waals surface area (Å²) >= 11 is 6.24. The van der Waals surface area contributed by atoms with Crippen LogP contribution in [0.2, 0.25) is 5.02 Å². The maximum Gasteiger partial charge on any atom is 0.147 e. The van der Waals surface area contributed by atoms with Crippen LogP contribution >= 0.6 is 11.6 Å². The molecule has 2 N–H and O–H groups in total. The standard InChI is InChI=1S/C13H20ClN3/c14-12-7-3-9-16-13(12)17(10-4-8-15)11-5-1-2-6-11/h3,7,9,11H,1-2,4-6,8,10,15H2. The average Bonchev–Trinajstić information content (AvgIpc) is 2.85. The lowest BCUT2D eigenvalue weighted by Crippen LogP contribution is -2.35. The summed E-state index contributed by atoms with van der Waals surface area (Å²) < 4.78 is 0. The molecule has 1 heterocycles. The molecule has 0 aliphatic heterocycles. The quantitative estimate of drug-likeness (QED) is 0.878. The Labute approximate surface area is 108 Å². The third-order valence-corrected chi connectivity index (χ3v) is 3.67. The fraction of sp³-hybridized carbons (Fsp3) is 0.615. The van der Waals surface area contributed by atoms with Crippen LogP contribution in [0.15, 0.2) is 18.3 Å². The molecular formula is C13H20ClN3. The van der Waals surface area contributed by atoms with Gasteiger partial charge in [-0.2, -0.15) is 0 Å². The van der Waals surface area contributed by atoms with Crippen molar-refractivity contribution in [2.75, 3.05) is 18.0 Å². The van der Waals surface area contributed by atoms with Crippen molar-refractivity contribution in [1.82, 2.24) is 4.98 Å². The minimum Gasteiger partial charge on any atom is -0.352 e. The van der Waals surface area contributed by atoms with Crippen LogP contribution in [0.5, 0.6) is 0 Å². The summed E-state index contributed by atoms with van der Waals surface area (Å²) in [4.78, 5) is 6.78. The van der Waals surface area contributed by atoms with E-state index in [1.54, 1.807) is 0 Å². The number of pyridine rings is 1. The van der Waals surface area contributed by atoms with Gasteiger partial charge in [-0.1, -0.05) is 24.4 Å². The van der Waals surface area contributed by atoms with E-state index in [1.165, 1.54) is 25.7 Å². The molecule has 4 heteroatoms. The highest BCUT2D eigenvalue weighted by molar-refractivity contribution is 6.32. The van der Waals surface area contributed by atoms with E-state index in [1.807, 2.05) is 18.3 Å². The van der Waals surface area contributed by atoms with Crippen LogP contribution in [-0.4, -0.2) is 24.1 Å². The predicted molar refractivity (Wildman–Crippen MR) is 72.5 cm³/mol. The van der Waals surface area contributed by atoms with E-state index in [9.17, 15) is 0 Å². The minimum absolute atomic E-state index is 0.592. The highest BCUT2D eigenvalue weighted by atomic mass is 35.5. The Hall–Kier alpha value is -0.800.